The first-order chi connectivity index (χ1) is 0. The van der Waals surface area contributed by atoms with Crippen LogP contribution in [-0.2, 0) is 36.5 Å². The van der Waals surface area contributed by atoms with E-state index in [2.05, 4.69) is 0 Å². The van der Waals surface area contributed by atoms with Crippen molar-refractivity contribution in [3.05, 3.63) is 0 Å². The molecule has 0 aliphatic rings. The zero-order chi connectivity index (χ0) is 0. The third kappa shape index (κ3) is 8.82. The van der Waals surface area contributed by atoms with Crippen LogP contribution in [0.5, 0.6) is 0 Å². The standard InChI is InChI=1S/Al.Fe.Mg.Zn.2H/q;;+2;;2*-1. The molecule has 4 heavy (non-hydrogen) atoms. The van der Waals surface area contributed by atoms with Gasteiger partial charge in [0.15, 0.2) is 0 Å². The molecule has 0 heterocycles. The summed E-state index contributed by atoms with van der Waals surface area (Å²) >= 11 is 0. The van der Waals surface area contributed by atoms with E-state index in [0.29, 0.717) is 0 Å². The van der Waals surface area contributed by atoms with Crippen molar-refractivity contribution in [2.75, 3.05) is 0 Å². The second-order valence-corrected chi connectivity index (χ2v) is 0. The maximum atomic E-state index is 0. The molecule has 0 aromatic heterocycles. The Morgan fingerprint density at radius 2 is 1.25 bits per heavy atom. The number of hydrogen-bond donors (Lipinski definition) is 0. The average Bonchev–Trinajstić information content (AvgIpc) is 0. The Balaban J connectivity index is 0. The quantitative estimate of drug-likeness (QED) is 0.433. The van der Waals surface area contributed by atoms with E-state index in [0.717, 1.165) is 0 Å². The third-order valence-corrected chi connectivity index (χ3v) is 0. The van der Waals surface area contributed by atoms with E-state index in [-0.39, 0.29) is 79.8 Å². The maximum Gasteiger partial charge on any atom is 2.00 e. The summed E-state index contributed by atoms with van der Waals surface area (Å²) in [5.41, 5.74) is 0. The van der Waals surface area contributed by atoms with Gasteiger partial charge in [-0.25, -0.2) is 0 Å². The van der Waals surface area contributed by atoms with Gasteiger partial charge in [0.2, 0.25) is 0 Å². The zero-order valence-corrected chi connectivity index (χ0v) is 8.99. The SMILES string of the molecule is [Al].[Fe].[H-].[H-].[Mg+2].[Zn]. The predicted molar refractivity (Wildman–Crippen MR) is 13.7 cm³/mol. The predicted octanol–water partition coefficient (Wildman–Crippen LogP) is -0.542. The van der Waals surface area contributed by atoms with Crippen LogP contribution < -0.4 is 0 Å². The van der Waals surface area contributed by atoms with Crippen molar-refractivity contribution in [1.82, 2.24) is 0 Å². The van der Waals surface area contributed by atoms with E-state index >= 15 is 0 Å². The van der Waals surface area contributed by atoms with Crippen molar-refractivity contribution in [2.24, 2.45) is 0 Å². The van der Waals surface area contributed by atoms with Gasteiger partial charge in [0.25, 0.3) is 0 Å². The smallest absolute Gasteiger partial charge is 1.00 e. The summed E-state index contributed by atoms with van der Waals surface area (Å²) < 4.78 is 0. The molecule has 0 unspecified atom stereocenters. The van der Waals surface area contributed by atoms with Gasteiger partial charge >= 0.3 is 23.1 Å². The molecule has 0 rings (SSSR count). The molecular weight excluding hydrogens is 173 g/mol. The van der Waals surface area contributed by atoms with Crippen molar-refractivity contribution in [2.45, 2.75) is 0 Å². The van der Waals surface area contributed by atoms with Gasteiger partial charge in [0.05, 0.1) is 0 Å². The first kappa shape index (κ1) is 32.0. The minimum absolute atomic E-state index is 0. The van der Waals surface area contributed by atoms with Crippen molar-refractivity contribution in [1.29, 1.82) is 0 Å². The number of rotatable bonds is 0. The van der Waals surface area contributed by atoms with E-state index in [1.807, 2.05) is 0 Å². The van der Waals surface area contributed by atoms with E-state index in [1.165, 1.54) is 0 Å². The first-order valence-electron chi connectivity index (χ1n) is 0. The van der Waals surface area contributed by atoms with Gasteiger partial charge in [-0.1, -0.05) is 0 Å². The molecule has 0 bridgehead atoms. The van der Waals surface area contributed by atoms with Crippen LogP contribution in [0.3, 0.4) is 0 Å². The fraction of sp³-hybridized carbons (Fsp3) is 0. The monoisotopic (exact) mass is 173 g/mol. The van der Waals surface area contributed by atoms with Gasteiger partial charge in [-0.15, -0.1) is 0 Å². The topological polar surface area (TPSA) is 0 Å². The Kier molecular flexibility index (Phi) is 144. The van der Waals surface area contributed by atoms with Crippen LogP contribution in [0.25, 0.3) is 0 Å². The molecule has 0 fully saturated rings. The van der Waals surface area contributed by atoms with Crippen LogP contribution in [0, 0.1) is 0 Å². The summed E-state index contributed by atoms with van der Waals surface area (Å²) in [6.45, 7) is 0. The average molecular weight is 175 g/mol. The summed E-state index contributed by atoms with van der Waals surface area (Å²) in [7, 11) is 0. The van der Waals surface area contributed by atoms with Gasteiger partial charge in [-0.3, -0.25) is 0 Å². The Hall–Kier alpha value is 2.44. The van der Waals surface area contributed by atoms with E-state index in [4.69, 9.17) is 0 Å². The van der Waals surface area contributed by atoms with Gasteiger partial charge in [0, 0.05) is 53.9 Å². The summed E-state index contributed by atoms with van der Waals surface area (Å²) in [5.74, 6) is 0. The molecule has 0 aliphatic carbocycles. The third-order valence-electron chi connectivity index (χ3n) is 0. The number of hydrogen-bond acceptors (Lipinski definition) is 0. The van der Waals surface area contributed by atoms with Crippen LogP contribution in [-0.4, -0.2) is 40.4 Å². The van der Waals surface area contributed by atoms with Crippen molar-refractivity contribution >= 4 is 40.4 Å². The molecule has 0 atom stereocenters. The zero-order valence-electron chi connectivity index (χ0n) is 4.35. The molecule has 0 amide bonds. The molecule has 0 saturated heterocycles. The summed E-state index contributed by atoms with van der Waals surface area (Å²) in [6, 6.07) is 0. The molecule has 17 valence electrons. The summed E-state index contributed by atoms with van der Waals surface area (Å²) in [5, 5.41) is 0. The molecule has 0 saturated carbocycles. The van der Waals surface area contributed by atoms with E-state index in [9.17, 15) is 0 Å². The van der Waals surface area contributed by atoms with Crippen molar-refractivity contribution < 1.29 is 39.4 Å². The largest absolute Gasteiger partial charge is 2.00 e. The molecule has 4 heteroatoms. The Bertz CT molecular complexity index is 13.5. The van der Waals surface area contributed by atoms with Crippen molar-refractivity contribution in [3.8, 4) is 0 Å². The van der Waals surface area contributed by atoms with Gasteiger partial charge < -0.3 is 2.85 Å². The van der Waals surface area contributed by atoms with E-state index in [1.54, 1.807) is 0 Å². The minimum Gasteiger partial charge on any atom is -1.00 e. The van der Waals surface area contributed by atoms with Crippen LogP contribution in [0.15, 0.2) is 0 Å². The first-order valence-corrected chi connectivity index (χ1v) is 0. The minimum atomic E-state index is 0. The summed E-state index contributed by atoms with van der Waals surface area (Å²) in [4.78, 5) is 0. The molecule has 0 N–H and O–H groups in total. The van der Waals surface area contributed by atoms with Crippen LogP contribution >= 0.6 is 0 Å². The van der Waals surface area contributed by atoms with Gasteiger partial charge in [0.1, 0.15) is 0 Å². The maximum absolute atomic E-state index is 0. The summed E-state index contributed by atoms with van der Waals surface area (Å²) in [6.07, 6.45) is 0. The Morgan fingerprint density at radius 3 is 1.25 bits per heavy atom. The van der Waals surface area contributed by atoms with Crippen LogP contribution in [0.1, 0.15) is 2.85 Å². The van der Waals surface area contributed by atoms with E-state index < -0.39 is 0 Å². The Labute approximate surface area is 79.0 Å². The van der Waals surface area contributed by atoms with Gasteiger partial charge in [-0.05, 0) is 0 Å². The van der Waals surface area contributed by atoms with Crippen LogP contribution in [0.2, 0.25) is 0 Å². The molecule has 0 nitrogen and oxygen atoms in total. The molecule has 0 aromatic carbocycles. The van der Waals surface area contributed by atoms with Crippen LogP contribution in [0.4, 0.5) is 0 Å². The molecular formula is H2AlFeMgZn. The fourth-order valence-corrected chi connectivity index (χ4v) is 0. The van der Waals surface area contributed by atoms with Crippen molar-refractivity contribution in [3.63, 3.8) is 0 Å². The molecule has 3 radical (unpaired) electrons. The second kappa shape index (κ2) is 18.0. The second-order valence-electron chi connectivity index (χ2n) is 0. The van der Waals surface area contributed by atoms with Gasteiger partial charge in [-0.2, -0.15) is 0 Å². The Morgan fingerprint density at radius 1 is 1.25 bits per heavy atom. The molecule has 0 aromatic rings. The fourth-order valence-electron chi connectivity index (χ4n) is 0. The molecule has 0 spiro atoms. The molecule has 0 aliphatic heterocycles. The normalized spacial score (nSPS) is 0.